The molecule has 0 atom stereocenters. The number of hydrogen-bond acceptors (Lipinski definition) is 5. The standard InChI is InChI=1S/C18H19ClN6/c19-16-6-7-17(23-21-16)24-10-8-14(9-11-24)12-18-22-20-13-25(18)15-4-2-1-3-5-15/h1-7,13-14H,8-12H2. The van der Waals surface area contributed by atoms with Crippen LogP contribution < -0.4 is 4.90 Å². The molecule has 6 nitrogen and oxygen atoms in total. The molecule has 1 fully saturated rings. The van der Waals surface area contributed by atoms with Gasteiger partial charge < -0.3 is 4.90 Å². The van der Waals surface area contributed by atoms with E-state index in [0.29, 0.717) is 11.1 Å². The van der Waals surface area contributed by atoms with Gasteiger partial charge in [0.25, 0.3) is 0 Å². The van der Waals surface area contributed by atoms with Gasteiger partial charge in [-0.3, -0.25) is 4.57 Å². The molecule has 0 bridgehead atoms. The van der Waals surface area contributed by atoms with Crippen LogP contribution in [0.2, 0.25) is 5.15 Å². The lowest BCUT2D eigenvalue weighted by Crippen LogP contribution is -2.35. The predicted octanol–water partition coefficient (Wildman–Crippen LogP) is 3.17. The normalized spacial score (nSPS) is 15.5. The molecule has 4 rings (SSSR count). The Labute approximate surface area is 151 Å². The average molecular weight is 355 g/mol. The van der Waals surface area contributed by atoms with E-state index in [9.17, 15) is 0 Å². The monoisotopic (exact) mass is 354 g/mol. The molecule has 0 saturated carbocycles. The van der Waals surface area contributed by atoms with Crippen molar-refractivity contribution in [3.63, 3.8) is 0 Å². The van der Waals surface area contributed by atoms with Crippen LogP contribution in [0.3, 0.4) is 0 Å². The number of piperidine rings is 1. The molecule has 0 N–H and O–H groups in total. The average Bonchev–Trinajstić information content (AvgIpc) is 3.12. The van der Waals surface area contributed by atoms with Crippen molar-refractivity contribution in [2.24, 2.45) is 5.92 Å². The topological polar surface area (TPSA) is 59.7 Å². The molecule has 1 saturated heterocycles. The summed E-state index contributed by atoms with van der Waals surface area (Å²) in [6.45, 7) is 1.95. The molecule has 1 aliphatic rings. The fraction of sp³-hybridized carbons (Fsp3) is 0.333. The van der Waals surface area contributed by atoms with Gasteiger partial charge in [0, 0.05) is 25.2 Å². The fourth-order valence-electron chi connectivity index (χ4n) is 3.30. The van der Waals surface area contributed by atoms with Crippen molar-refractivity contribution in [1.29, 1.82) is 0 Å². The first-order valence-corrected chi connectivity index (χ1v) is 8.86. The van der Waals surface area contributed by atoms with Crippen LogP contribution in [-0.4, -0.2) is 38.1 Å². The zero-order chi connectivity index (χ0) is 17.1. The summed E-state index contributed by atoms with van der Waals surface area (Å²) in [5.41, 5.74) is 1.11. The van der Waals surface area contributed by atoms with E-state index in [0.717, 1.165) is 49.7 Å². The molecular weight excluding hydrogens is 336 g/mol. The zero-order valence-electron chi connectivity index (χ0n) is 13.8. The van der Waals surface area contributed by atoms with Crippen LogP contribution in [0.4, 0.5) is 5.82 Å². The lowest BCUT2D eigenvalue weighted by atomic mass is 9.93. The van der Waals surface area contributed by atoms with Crippen LogP contribution in [0.5, 0.6) is 0 Å². The maximum Gasteiger partial charge on any atom is 0.151 e. The predicted molar refractivity (Wildman–Crippen MR) is 97.0 cm³/mol. The lowest BCUT2D eigenvalue weighted by Gasteiger charge is -2.32. The van der Waals surface area contributed by atoms with Gasteiger partial charge in [-0.25, -0.2) is 0 Å². The highest BCUT2D eigenvalue weighted by atomic mass is 35.5. The van der Waals surface area contributed by atoms with Gasteiger partial charge in [0.05, 0.1) is 0 Å². The highest BCUT2D eigenvalue weighted by Gasteiger charge is 2.22. The first-order chi connectivity index (χ1) is 12.3. The quantitative estimate of drug-likeness (QED) is 0.720. The van der Waals surface area contributed by atoms with Gasteiger partial charge in [-0.05, 0) is 43.0 Å². The van der Waals surface area contributed by atoms with E-state index in [1.165, 1.54) is 0 Å². The van der Waals surface area contributed by atoms with E-state index < -0.39 is 0 Å². The number of halogens is 1. The second-order valence-corrected chi connectivity index (χ2v) is 6.69. The fourth-order valence-corrected chi connectivity index (χ4v) is 3.41. The summed E-state index contributed by atoms with van der Waals surface area (Å²) in [5.74, 6) is 2.52. The molecule has 2 aromatic heterocycles. The Hall–Kier alpha value is -2.47. The van der Waals surface area contributed by atoms with Crippen molar-refractivity contribution in [2.75, 3.05) is 18.0 Å². The lowest BCUT2D eigenvalue weighted by molar-refractivity contribution is 0.393. The van der Waals surface area contributed by atoms with Crippen molar-refractivity contribution >= 4 is 17.4 Å². The SMILES string of the molecule is Clc1ccc(N2CCC(Cc3nncn3-c3ccccc3)CC2)nn1. The zero-order valence-corrected chi connectivity index (χ0v) is 14.5. The van der Waals surface area contributed by atoms with Crippen molar-refractivity contribution in [2.45, 2.75) is 19.3 Å². The van der Waals surface area contributed by atoms with Crippen LogP contribution in [0.15, 0.2) is 48.8 Å². The summed E-state index contributed by atoms with van der Waals surface area (Å²) in [6.07, 6.45) is 4.94. The number of nitrogens with zero attached hydrogens (tertiary/aromatic N) is 6. The van der Waals surface area contributed by atoms with Crippen molar-refractivity contribution in [3.05, 3.63) is 59.8 Å². The van der Waals surface area contributed by atoms with Crippen LogP contribution in [0, 0.1) is 5.92 Å². The minimum Gasteiger partial charge on any atom is -0.355 e. The van der Waals surface area contributed by atoms with E-state index in [2.05, 4.69) is 42.0 Å². The third-order valence-corrected chi connectivity index (χ3v) is 4.88. The number of rotatable bonds is 4. The number of anilines is 1. The Bertz CT molecular complexity index is 809. The third kappa shape index (κ3) is 3.64. The molecule has 3 aromatic rings. The molecule has 25 heavy (non-hydrogen) atoms. The maximum absolute atomic E-state index is 5.81. The molecule has 0 unspecified atom stereocenters. The van der Waals surface area contributed by atoms with E-state index in [-0.39, 0.29) is 0 Å². The number of para-hydroxylation sites is 1. The number of hydrogen-bond donors (Lipinski definition) is 0. The van der Waals surface area contributed by atoms with Gasteiger partial charge in [0.15, 0.2) is 11.0 Å². The first kappa shape index (κ1) is 16.0. The van der Waals surface area contributed by atoms with Crippen LogP contribution in [0.25, 0.3) is 5.69 Å². The summed E-state index contributed by atoms with van der Waals surface area (Å²) in [4.78, 5) is 2.27. The second-order valence-electron chi connectivity index (χ2n) is 6.30. The highest BCUT2D eigenvalue weighted by Crippen LogP contribution is 2.25. The van der Waals surface area contributed by atoms with Gasteiger partial charge >= 0.3 is 0 Å². The molecule has 0 amide bonds. The Morgan fingerprint density at radius 1 is 0.960 bits per heavy atom. The summed E-state index contributed by atoms with van der Waals surface area (Å²) < 4.78 is 2.08. The second kappa shape index (κ2) is 7.19. The van der Waals surface area contributed by atoms with Gasteiger partial charge in [-0.1, -0.05) is 29.8 Å². The summed E-state index contributed by atoms with van der Waals surface area (Å²) >= 11 is 5.81. The molecule has 1 aliphatic heterocycles. The van der Waals surface area contributed by atoms with Crippen molar-refractivity contribution < 1.29 is 0 Å². The Balaban J connectivity index is 1.40. The highest BCUT2D eigenvalue weighted by molar-refractivity contribution is 6.29. The Morgan fingerprint density at radius 2 is 1.76 bits per heavy atom. The number of benzene rings is 1. The van der Waals surface area contributed by atoms with E-state index >= 15 is 0 Å². The largest absolute Gasteiger partial charge is 0.355 e. The number of aromatic nitrogens is 5. The summed E-state index contributed by atoms with van der Waals surface area (Å²) in [5, 5.41) is 17.0. The maximum atomic E-state index is 5.81. The molecular formula is C18H19ClN6. The minimum absolute atomic E-state index is 0.430. The Morgan fingerprint density at radius 3 is 2.48 bits per heavy atom. The van der Waals surface area contributed by atoms with E-state index in [1.807, 2.05) is 24.3 Å². The minimum atomic E-state index is 0.430. The molecule has 7 heteroatoms. The van der Waals surface area contributed by atoms with Gasteiger partial charge in [-0.2, -0.15) is 0 Å². The first-order valence-electron chi connectivity index (χ1n) is 8.48. The molecule has 1 aromatic carbocycles. The van der Waals surface area contributed by atoms with Gasteiger partial charge in [0.1, 0.15) is 12.2 Å². The van der Waals surface area contributed by atoms with Crippen LogP contribution >= 0.6 is 11.6 Å². The van der Waals surface area contributed by atoms with Gasteiger partial charge in [0.2, 0.25) is 0 Å². The van der Waals surface area contributed by atoms with Crippen LogP contribution in [0.1, 0.15) is 18.7 Å². The van der Waals surface area contributed by atoms with Crippen molar-refractivity contribution in [1.82, 2.24) is 25.0 Å². The smallest absolute Gasteiger partial charge is 0.151 e. The molecule has 128 valence electrons. The van der Waals surface area contributed by atoms with E-state index in [1.54, 1.807) is 12.4 Å². The third-order valence-electron chi connectivity index (χ3n) is 4.68. The van der Waals surface area contributed by atoms with E-state index in [4.69, 9.17) is 11.6 Å². The van der Waals surface area contributed by atoms with Gasteiger partial charge in [-0.15, -0.1) is 20.4 Å². The summed E-state index contributed by atoms with van der Waals surface area (Å²) in [7, 11) is 0. The molecule has 0 aliphatic carbocycles. The molecule has 0 spiro atoms. The summed E-state index contributed by atoms with van der Waals surface area (Å²) in [6, 6.07) is 14.0. The van der Waals surface area contributed by atoms with Crippen LogP contribution in [-0.2, 0) is 6.42 Å². The van der Waals surface area contributed by atoms with Crippen molar-refractivity contribution in [3.8, 4) is 5.69 Å². The molecule has 3 heterocycles. The molecule has 0 radical (unpaired) electrons. The Kier molecular flexibility index (Phi) is 4.61.